The number of rotatable bonds is 1. The molecular formula is C9H9NO2S. The molecule has 0 amide bonds. The van der Waals surface area contributed by atoms with Gasteiger partial charge in [-0.2, -0.15) is 5.26 Å². The highest BCUT2D eigenvalue weighted by Crippen LogP contribution is 2.14. The molecule has 0 atom stereocenters. The Morgan fingerprint density at radius 3 is 2.31 bits per heavy atom. The van der Waals surface area contributed by atoms with E-state index in [-0.39, 0.29) is 4.90 Å². The third-order valence-electron chi connectivity index (χ3n) is 1.91. The molecule has 0 N–H and O–H groups in total. The van der Waals surface area contributed by atoms with E-state index in [2.05, 4.69) is 0 Å². The van der Waals surface area contributed by atoms with E-state index >= 15 is 0 Å². The van der Waals surface area contributed by atoms with Crippen LogP contribution in [-0.4, -0.2) is 8.42 Å². The maximum Gasteiger partial charge on any atom is 0.269 e. The van der Waals surface area contributed by atoms with Gasteiger partial charge in [0.15, 0.2) is 5.40 Å². The standard InChI is InChI=1S/C9H9NO2S/c1-7-3-4-9(5-8(7)2)13(11,12)6-10/h3-5H,1-2H3. The maximum atomic E-state index is 11.1. The van der Waals surface area contributed by atoms with Crippen LogP contribution in [0.15, 0.2) is 23.1 Å². The molecule has 1 aromatic carbocycles. The van der Waals surface area contributed by atoms with Gasteiger partial charge in [0.1, 0.15) is 0 Å². The Balaban J connectivity index is 3.38. The molecule has 68 valence electrons. The first-order chi connectivity index (χ1) is 5.97. The summed E-state index contributed by atoms with van der Waals surface area (Å²) >= 11 is 0. The van der Waals surface area contributed by atoms with Gasteiger partial charge in [-0.05, 0) is 37.1 Å². The molecule has 0 aliphatic heterocycles. The van der Waals surface area contributed by atoms with Gasteiger partial charge < -0.3 is 0 Å². The molecule has 0 heterocycles. The van der Waals surface area contributed by atoms with Crippen molar-refractivity contribution in [3.63, 3.8) is 0 Å². The summed E-state index contributed by atoms with van der Waals surface area (Å²) in [5.74, 6) is 0. The first kappa shape index (κ1) is 9.75. The zero-order chi connectivity index (χ0) is 10.1. The number of nitriles is 1. The zero-order valence-corrected chi connectivity index (χ0v) is 8.22. The van der Waals surface area contributed by atoms with Gasteiger partial charge in [0.2, 0.25) is 0 Å². The molecule has 0 saturated heterocycles. The molecule has 4 heteroatoms. The Morgan fingerprint density at radius 2 is 1.85 bits per heavy atom. The Bertz CT molecular complexity index is 469. The van der Waals surface area contributed by atoms with Crippen molar-refractivity contribution in [3.05, 3.63) is 29.3 Å². The molecule has 0 aromatic heterocycles. The number of nitrogens with zero attached hydrogens (tertiary/aromatic N) is 1. The van der Waals surface area contributed by atoms with Gasteiger partial charge in [0.25, 0.3) is 9.84 Å². The van der Waals surface area contributed by atoms with E-state index < -0.39 is 9.84 Å². The van der Waals surface area contributed by atoms with Crippen molar-refractivity contribution in [3.8, 4) is 5.40 Å². The smallest absolute Gasteiger partial charge is 0.208 e. The normalized spacial score (nSPS) is 10.8. The van der Waals surface area contributed by atoms with E-state index in [1.807, 2.05) is 13.8 Å². The summed E-state index contributed by atoms with van der Waals surface area (Å²) in [5, 5.41) is 9.65. The second kappa shape index (κ2) is 3.19. The van der Waals surface area contributed by atoms with E-state index in [0.29, 0.717) is 0 Å². The summed E-state index contributed by atoms with van der Waals surface area (Å²) in [5.41, 5.74) is 1.88. The number of aryl methyl sites for hydroxylation is 2. The minimum Gasteiger partial charge on any atom is -0.208 e. The van der Waals surface area contributed by atoms with Gasteiger partial charge in [-0.3, -0.25) is 0 Å². The molecular weight excluding hydrogens is 186 g/mol. The SMILES string of the molecule is Cc1ccc(S(=O)(=O)C#N)cc1C. The van der Waals surface area contributed by atoms with Crippen LogP contribution in [0.5, 0.6) is 0 Å². The zero-order valence-electron chi connectivity index (χ0n) is 7.40. The molecule has 0 unspecified atom stereocenters. The van der Waals surface area contributed by atoms with Crippen LogP contribution in [0, 0.1) is 24.5 Å². The largest absolute Gasteiger partial charge is 0.269 e. The van der Waals surface area contributed by atoms with Crippen LogP contribution >= 0.6 is 0 Å². The highest BCUT2D eigenvalue weighted by atomic mass is 32.2. The summed E-state index contributed by atoms with van der Waals surface area (Å²) < 4.78 is 22.2. The average Bonchev–Trinajstić information content (AvgIpc) is 2.09. The van der Waals surface area contributed by atoms with Crippen LogP contribution in [0.25, 0.3) is 0 Å². The molecule has 0 aliphatic carbocycles. The number of thiocyanates is 1. The van der Waals surface area contributed by atoms with Crippen molar-refractivity contribution in [1.29, 1.82) is 5.26 Å². The Morgan fingerprint density at radius 1 is 1.23 bits per heavy atom. The fraction of sp³-hybridized carbons (Fsp3) is 0.222. The quantitative estimate of drug-likeness (QED) is 0.504. The van der Waals surface area contributed by atoms with Crippen LogP contribution in [0.4, 0.5) is 0 Å². The van der Waals surface area contributed by atoms with Gasteiger partial charge in [0, 0.05) is 0 Å². The molecule has 13 heavy (non-hydrogen) atoms. The van der Waals surface area contributed by atoms with E-state index in [1.165, 1.54) is 17.5 Å². The van der Waals surface area contributed by atoms with Crippen LogP contribution in [0.1, 0.15) is 11.1 Å². The lowest BCUT2D eigenvalue weighted by Gasteiger charge is -2.00. The Kier molecular flexibility index (Phi) is 2.39. The first-order valence-electron chi connectivity index (χ1n) is 3.70. The molecule has 0 bridgehead atoms. The second-order valence-electron chi connectivity index (χ2n) is 2.84. The third-order valence-corrected chi connectivity index (χ3v) is 3.02. The van der Waals surface area contributed by atoms with Crippen LogP contribution in [0.3, 0.4) is 0 Å². The fourth-order valence-corrected chi connectivity index (χ4v) is 1.62. The van der Waals surface area contributed by atoms with E-state index in [1.54, 1.807) is 6.07 Å². The molecule has 0 radical (unpaired) electrons. The molecule has 3 nitrogen and oxygen atoms in total. The van der Waals surface area contributed by atoms with Gasteiger partial charge in [-0.15, -0.1) is 0 Å². The van der Waals surface area contributed by atoms with Crippen LogP contribution < -0.4 is 0 Å². The van der Waals surface area contributed by atoms with Crippen molar-refractivity contribution < 1.29 is 8.42 Å². The number of benzene rings is 1. The molecule has 1 aromatic rings. The molecule has 0 fully saturated rings. The highest BCUT2D eigenvalue weighted by molar-refractivity contribution is 7.95. The lowest BCUT2D eigenvalue weighted by Crippen LogP contribution is -1.97. The van der Waals surface area contributed by atoms with Crippen molar-refractivity contribution in [2.45, 2.75) is 18.7 Å². The lowest BCUT2D eigenvalue weighted by atomic mass is 10.1. The molecule has 0 aliphatic rings. The van der Waals surface area contributed by atoms with Crippen molar-refractivity contribution in [1.82, 2.24) is 0 Å². The maximum absolute atomic E-state index is 11.1. The number of hydrogen-bond donors (Lipinski definition) is 0. The topological polar surface area (TPSA) is 57.9 Å². The van der Waals surface area contributed by atoms with Gasteiger partial charge in [-0.25, -0.2) is 8.42 Å². The van der Waals surface area contributed by atoms with E-state index in [4.69, 9.17) is 5.26 Å². The summed E-state index contributed by atoms with van der Waals surface area (Å²) in [6, 6.07) is 4.65. The van der Waals surface area contributed by atoms with Gasteiger partial charge >= 0.3 is 0 Å². The van der Waals surface area contributed by atoms with Gasteiger partial charge in [0.05, 0.1) is 4.90 Å². The predicted octanol–water partition coefficient (Wildman–Crippen LogP) is 1.56. The van der Waals surface area contributed by atoms with Crippen molar-refractivity contribution in [2.24, 2.45) is 0 Å². The summed E-state index contributed by atoms with van der Waals surface area (Å²) in [6.07, 6.45) is 0. The van der Waals surface area contributed by atoms with E-state index in [0.717, 1.165) is 11.1 Å². The average molecular weight is 195 g/mol. The summed E-state index contributed by atoms with van der Waals surface area (Å²) in [7, 11) is -3.73. The molecule has 1 rings (SSSR count). The van der Waals surface area contributed by atoms with Crippen LogP contribution in [-0.2, 0) is 9.84 Å². The van der Waals surface area contributed by atoms with Gasteiger partial charge in [-0.1, -0.05) is 6.07 Å². The van der Waals surface area contributed by atoms with Crippen molar-refractivity contribution >= 4 is 9.84 Å². The van der Waals surface area contributed by atoms with E-state index in [9.17, 15) is 8.42 Å². The summed E-state index contributed by atoms with van der Waals surface area (Å²) in [6.45, 7) is 3.70. The minimum atomic E-state index is -3.73. The molecule has 0 spiro atoms. The highest BCUT2D eigenvalue weighted by Gasteiger charge is 2.12. The first-order valence-corrected chi connectivity index (χ1v) is 5.19. The fourth-order valence-electron chi connectivity index (χ4n) is 0.934. The van der Waals surface area contributed by atoms with Crippen molar-refractivity contribution in [2.75, 3.05) is 0 Å². The Labute approximate surface area is 77.5 Å². The summed E-state index contributed by atoms with van der Waals surface area (Å²) in [4.78, 5) is 0.0677. The predicted molar refractivity (Wildman–Crippen MR) is 48.7 cm³/mol. The van der Waals surface area contributed by atoms with Crippen LogP contribution in [0.2, 0.25) is 0 Å². The lowest BCUT2D eigenvalue weighted by molar-refractivity contribution is 0.605. The Hall–Kier alpha value is -1.34. The monoisotopic (exact) mass is 195 g/mol. The minimum absolute atomic E-state index is 0.0677. The number of sulfone groups is 1. The molecule has 0 saturated carbocycles. The third kappa shape index (κ3) is 1.87. The second-order valence-corrected chi connectivity index (χ2v) is 4.50. The number of hydrogen-bond acceptors (Lipinski definition) is 3.